The first-order valence-corrected chi connectivity index (χ1v) is 20.6. The van der Waals surface area contributed by atoms with Crippen LogP contribution in [0.25, 0.3) is 0 Å². The van der Waals surface area contributed by atoms with Gasteiger partial charge in [-0.1, -0.05) is 162 Å². The highest BCUT2D eigenvalue weighted by atomic mass is 16.7. The van der Waals surface area contributed by atoms with E-state index < -0.39 is 49.4 Å². The lowest BCUT2D eigenvalue weighted by Gasteiger charge is -2.39. The van der Waals surface area contributed by atoms with Crippen molar-refractivity contribution in [3.63, 3.8) is 0 Å². The number of hydrogen-bond donors (Lipinski definition) is 4. The van der Waals surface area contributed by atoms with Gasteiger partial charge in [0.2, 0.25) is 0 Å². The molecule has 0 aromatic rings. The maximum absolute atomic E-state index is 12.7. The topological polar surface area (TPSA) is 152 Å². The zero-order valence-electron chi connectivity index (χ0n) is 31.9. The van der Waals surface area contributed by atoms with Crippen molar-refractivity contribution in [1.29, 1.82) is 0 Å². The Balaban J connectivity index is 2.36. The largest absolute Gasteiger partial charge is 0.462 e. The van der Waals surface area contributed by atoms with Gasteiger partial charge in [0.1, 0.15) is 31.0 Å². The first-order valence-electron chi connectivity index (χ1n) is 20.6. The third-order valence-electron chi connectivity index (χ3n) is 9.74. The summed E-state index contributed by atoms with van der Waals surface area (Å²) in [7, 11) is 0. The van der Waals surface area contributed by atoms with Gasteiger partial charge in [-0.3, -0.25) is 9.59 Å². The Morgan fingerprint density at radius 1 is 0.540 bits per heavy atom. The van der Waals surface area contributed by atoms with E-state index in [4.69, 9.17) is 18.9 Å². The third kappa shape index (κ3) is 24.0. The number of rotatable bonds is 34. The Hall–Kier alpha value is -1.30. The van der Waals surface area contributed by atoms with Crippen LogP contribution in [-0.2, 0) is 28.5 Å². The van der Waals surface area contributed by atoms with Crippen molar-refractivity contribution in [1.82, 2.24) is 0 Å². The van der Waals surface area contributed by atoms with Crippen LogP contribution < -0.4 is 0 Å². The van der Waals surface area contributed by atoms with Gasteiger partial charge in [-0.2, -0.15) is 0 Å². The van der Waals surface area contributed by atoms with Gasteiger partial charge in [0.25, 0.3) is 0 Å². The summed E-state index contributed by atoms with van der Waals surface area (Å²) in [5.74, 6) is -0.796. The zero-order valence-corrected chi connectivity index (χ0v) is 31.9. The second kappa shape index (κ2) is 32.4. The lowest BCUT2D eigenvalue weighted by atomic mass is 9.99. The number of aliphatic hydroxyl groups excluding tert-OH is 4. The van der Waals surface area contributed by atoms with Gasteiger partial charge in [0.05, 0.1) is 13.2 Å². The molecule has 0 unspecified atom stereocenters. The Kier molecular flexibility index (Phi) is 30.2. The van der Waals surface area contributed by atoms with Crippen LogP contribution in [0.2, 0.25) is 0 Å². The van der Waals surface area contributed by atoms with Crippen LogP contribution in [-0.4, -0.2) is 89.0 Å². The smallest absolute Gasteiger partial charge is 0.306 e. The lowest BCUT2D eigenvalue weighted by Crippen LogP contribution is -2.59. The van der Waals surface area contributed by atoms with Crippen molar-refractivity contribution in [3.05, 3.63) is 0 Å². The normalized spacial score (nSPS) is 21.3. The molecular weight excluding hydrogens is 640 g/mol. The lowest BCUT2D eigenvalue weighted by molar-refractivity contribution is -0.305. The summed E-state index contributed by atoms with van der Waals surface area (Å²) < 4.78 is 22.1. The monoisotopic (exact) mass is 717 g/mol. The molecule has 10 heteroatoms. The molecule has 0 spiro atoms. The maximum atomic E-state index is 12.7. The van der Waals surface area contributed by atoms with Gasteiger partial charge < -0.3 is 39.4 Å². The molecule has 10 nitrogen and oxygen atoms in total. The van der Waals surface area contributed by atoms with Crippen LogP contribution in [0.15, 0.2) is 0 Å². The van der Waals surface area contributed by atoms with E-state index in [2.05, 4.69) is 13.8 Å². The SMILES string of the molecule is CCCCCCCCCCCCCCCC(=O)O[C@H](COC(=O)CCCCCCCCCCCCCC)CO[C@H]1O[C@H](CO)[C@@H](O)[C@H](O)[C@H]1O. The van der Waals surface area contributed by atoms with Crippen LogP contribution in [0.1, 0.15) is 187 Å². The fourth-order valence-corrected chi connectivity index (χ4v) is 6.42. The summed E-state index contributed by atoms with van der Waals surface area (Å²) in [6.45, 7) is 3.42. The van der Waals surface area contributed by atoms with Crippen molar-refractivity contribution in [2.45, 2.75) is 224 Å². The summed E-state index contributed by atoms with van der Waals surface area (Å²) in [6.07, 6.45) is 22.5. The maximum Gasteiger partial charge on any atom is 0.306 e. The fourth-order valence-electron chi connectivity index (χ4n) is 6.42. The van der Waals surface area contributed by atoms with Crippen molar-refractivity contribution in [2.75, 3.05) is 19.8 Å². The molecule has 1 heterocycles. The molecular formula is C40H76O10. The quantitative estimate of drug-likeness (QED) is 0.0383. The predicted octanol–water partition coefficient (Wildman–Crippen LogP) is 7.83. The van der Waals surface area contributed by atoms with E-state index in [0.29, 0.717) is 6.42 Å². The molecule has 0 aromatic carbocycles. The van der Waals surface area contributed by atoms with E-state index in [1.807, 2.05) is 0 Å². The second-order valence-corrected chi connectivity index (χ2v) is 14.5. The number of aliphatic hydroxyl groups is 4. The minimum Gasteiger partial charge on any atom is -0.462 e. The summed E-state index contributed by atoms with van der Waals surface area (Å²) in [6, 6.07) is 0. The first-order chi connectivity index (χ1) is 24.3. The van der Waals surface area contributed by atoms with Gasteiger partial charge in [0, 0.05) is 12.8 Å². The molecule has 4 N–H and O–H groups in total. The van der Waals surface area contributed by atoms with Crippen LogP contribution in [0.5, 0.6) is 0 Å². The summed E-state index contributed by atoms with van der Waals surface area (Å²) >= 11 is 0. The second-order valence-electron chi connectivity index (χ2n) is 14.5. The molecule has 0 bridgehead atoms. The highest BCUT2D eigenvalue weighted by Crippen LogP contribution is 2.23. The van der Waals surface area contributed by atoms with Gasteiger partial charge in [-0.25, -0.2) is 0 Å². The van der Waals surface area contributed by atoms with Gasteiger partial charge >= 0.3 is 11.9 Å². The van der Waals surface area contributed by atoms with E-state index in [-0.39, 0.29) is 32.0 Å². The van der Waals surface area contributed by atoms with E-state index in [1.165, 1.54) is 116 Å². The average molecular weight is 717 g/mol. The zero-order chi connectivity index (χ0) is 36.7. The summed E-state index contributed by atoms with van der Waals surface area (Å²) in [4.78, 5) is 25.2. The molecule has 50 heavy (non-hydrogen) atoms. The van der Waals surface area contributed by atoms with E-state index >= 15 is 0 Å². The predicted molar refractivity (Wildman–Crippen MR) is 197 cm³/mol. The van der Waals surface area contributed by atoms with Crippen molar-refractivity contribution in [2.24, 2.45) is 0 Å². The van der Waals surface area contributed by atoms with E-state index in [9.17, 15) is 30.0 Å². The molecule has 296 valence electrons. The molecule has 1 rings (SSSR count). The standard InChI is InChI=1S/C40H76O10/c1-3-5-7-9-11-13-15-17-19-21-23-25-27-29-36(43)49-33(32-48-40-39(46)38(45)37(44)34(30-41)50-40)31-47-35(42)28-26-24-22-20-18-16-14-12-10-8-6-4-2/h33-34,37-41,44-46H,3-32H2,1-2H3/t33-,34-,37-,38+,39-,40+/m1/s1. The molecule has 0 saturated carbocycles. The number of unbranched alkanes of at least 4 members (excludes halogenated alkanes) is 23. The summed E-state index contributed by atoms with van der Waals surface area (Å²) in [5, 5.41) is 39.9. The van der Waals surface area contributed by atoms with Crippen LogP contribution in [0, 0.1) is 0 Å². The Bertz CT molecular complexity index is 794. The highest BCUT2D eigenvalue weighted by Gasteiger charge is 2.44. The molecule has 1 aliphatic rings. The molecule has 0 radical (unpaired) electrons. The Labute approximate surface area is 304 Å². The summed E-state index contributed by atoms with van der Waals surface area (Å²) in [5.41, 5.74) is 0. The fraction of sp³-hybridized carbons (Fsp3) is 0.950. The number of esters is 2. The van der Waals surface area contributed by atoms with Crippen LogP contribution in [0.4, 0.5) is 0 Å². The van der Waals surface area contributed by atoms with Crippen LogP contribution in [0.3, 0.4) is 0 Å². The van der Waals surface area contributed by atoms with Gasteiger partial charge in [-0.15, -0.1) is 0 Å². The van der Waals surface area contributed by atoms with Crippen molar-refractivity contribution < 1.29 is 49.0 Å². The molecule has 0 aromatic heterocycles. The highest BCUT2D eigenvalue weighted by molar-refractivity contribution is 5.70. The van der Waals surface area contributed by atoms with Crippen molar-refractivity contribution >= 4 is 11.9 Å². The Morgan fingerprint density at radius 2 is 0.940 bits per heavy atom. The number of carbonyl (C=O) groups is 2. The van der Waals surface area contributed by atoms with Gasteiger partial charge in [0.15, 0.2) is 12.4 Å². The average Bonchev–Trinajstić information content (AvgIpc) is 3.11. The molecule has 6 atom stereocenters. The van der Waals surface area contributed by atoms with Gasteiger partial charge in [-0.05, 0) is 12.8 Å². The van der Waals surface area contributed by atoms with Crippen molar-refractivity contribution in [3.8, 4) is 0 Å². The molecule has 1 fully saturated rings. The van der Waals surface area contributed by atoms with E-state index in [0.717, 1.165) is 38.5 Å². The molecule has 0 amide bonds. The number of carbonyl (C=O) groups excluding carboxylic acids is 2. The molecule has 0 aliphatic carbocycles. The minimum absolute atomic E-state index is 0.209. The number of ether oxygens (including phenoxy) is 4. The van der Waals surface area contributed by atoms with Crippen LogP contribution >= 0.6 is 0 Å². The third-order valence-corrected chi connectivity index (χ3v) is 9.74. The molecule has 1 aliphatic heterocycles. The minimum atomic E-state index is -1.59. The first kappa shape index (κ1) is 46.7. The number of hydrogen-bond acceptors (Lipinski definition) is 10. The molecule has 1 saturated heterocycles. The Morgan fingerprint density at radius 3 is 1.36 bits per heavy atom. The van der Waals surface area contributed by atoms with E-state index in [1.54, 1.807) is 0 Å².